The molecule has 0 aromatic carbocycles. The van der Waals surface area contributed by atoms with Gasteiger partial charge in [-0.05, 0) is 64.0 Å². The van der Waals surface area contributed by atoms with Gasteiger partial charge in [-0.25, -0.2) is 12.7 Å². The van der Waals surface area contributed by atoms with E-state index in [0.717, 1.165) is 50.9 Å². The lowest BCUT2D eigenvalue weighted by molar-refractivity contribution is 0.277. The first kappa shape index (κ1) is 20.9. The average Bonchev–Trinajstić information content (AvgIpc) is 3.31. The Kier molecular flexibility index (Phi) is 7.39. The fraction of sp³-hybridized carbons (Fsp3) is 0.947. The van der Waals surface area contributed by atoms with E-state index in [1.807, 2.05) is 0 Å². The fourth-order valence-corrected chi connectivity index (χ4v) is 5.44. The van der Waals surface area contributed by atoms with E-state index in [1.54, 1.807) is 4.31 Å². The summed E-state index contributed by atoms with van der Waals surface area (Å²) in [5.74, 6) is 2.29. The Hall–Kier alpha value is -0.860. The molecule has 3 saturated heterocycles. The second-order valence-corrected chi connectivity index (χ2v) is 10.4. The van der Waals surface area contributed by atoms with Crippen LogP contribution in [0.4, 0.5) is 0 Å². The van der Waals surface area contributed by atoms with Crippen molar-refractivity contribution in [2.24, 2.45) is 16.8 Å². The third-order valence-corrected chi connectivity index (χ3v) is 7.48. The molecule has 3 rings (SSSR count). The van der Waals surface area contributed by atoms with E-state index in [2.05, 4.69) is 22.0 Å². The van der Waals surface area contributed by atoms with Crippen LogP contribution in [0.15, 0.2) is 4.99 Å². The second-order valence-electron chi connectivity index (χ2n) is 8.41. The van der Waals surface area contributed by atoms with Gasteiger partial charge in [0.2, 0.25) is 10.0 Å². The zero-order valence-corrected chi connectivity index (χ0v) is 17.9. The number of nitrogens with one attached hydrogen (secondary N) is 1. The summed E-state index contributed by atoms with van der Waals surface area (Å²) in [4.78, 5) is 9.97. The highest BCUT2D eigenvalue weighted by atomic mass is 32.2. The van der Waals surface area contributed by atoms with E-state index in [0.29, 0.717) is 19.0 Å². The standard InChI is InChI=1S/C19H37N5O2S/c1-3-20-19(21-14-17-7-12-24(13-8-17)27(2,25)26)23-11-6-18(16-23)15-22-9-4-5-10-22/h17-18H,3-16H2,1-2H3,(H,20,21). The Morgan fingerprint density at radius 1 is 1.04 bits per heavy atom. The molecule has 0 aromatic rings. The number of hydrogen-bond acceptors (Lipinski definition) is 4. The number of likely N-dealkylation sites (tertiary alicyclic amines) is 2. The van der Waals surface area contributed by atoms with E-state index >= 15 is 0 Å². The Morgan fingerprint density at radius 2 is 1.70 bits per heavy atom. The minimum Gasteiger partial charge on any atom is -0.357 e. The smallest absolute Gasteiger partial charge is 0.211 e. The topological polar surface area (TPSA) is 68.2 Å². The first-order valence-corrected chi connectivity index (χ1v) is 12.5. The van der Waals surface area contributed by atoms with E-state index in [1.165, 1.54) is 45.2 Å². The van der Waals surface area contributed by atoms with Gasteiger partial charge >= 0.3 is 0 Å². The molecule has 3 fully saturated rings. The van der Waals surface area contributed by atoms with Crippen molar-refractivity contribution in [2.75, 3.05) is 65.2 Å². The van der Waals surface area contributed by atoms with Crippen LogP contribution in [0.2, 0.25) is 0 Å². The van der Waals surface area contributed by atoms with Crippen molar-refractivity contribution in [3.63, 3.8) is 0 Å². The summed E-state index contributed by atoms with van der Waals surface area (Å²) in [5, 5.41) is 3.47. The minimum atomic E-state index is -3.05. The predicted molar refractivity (Wildman–Crippen MR) is 110 cm³/mol. The first-order valence-electron chi connectivity index (χ1n) is 10.7. The summed E-state index contributed by atoms with van der Waals surface area (Å²) >= 11 is 0. The Labute approximate surface area is 165 Å². The second kappa shape index (κ2) is 9.56. The normalized spacial score (nSPS) is 26.8. The maximum atomic E-state index is 11.7. The van der Waals surface area contributed by atoms with Gasteiger partial charge in [0, 0.05) is 45.8 Å². The molecule has 156 valence electrons. The van der Waals surface area contributed by atoms with E-state index in [9.17, 15) is 8.42 Å². The summed E-state index contributed by atoms with van der Waals surface area (Å²) in [5.41, 5.74) is 0. The van der Waals surface area contributed by atoms with Crippen molar-refractivity contribution in [3.8, 4) is 0 Å². The van der Waals surface area contributed by atoms with Crippen LogP contribution in [0.3, 0.4) is 0 Å². The molecule has 7 nitrogen and oxygen atoms in total. The van der Waals surface area contributed by atoms with Gasteiger partial charge in [-0.1, -0.05) is 0 Å². The number of guanidine groups is 1. The molecule has 8 heteroatoms. The van der Waals surface area contributed by atoms with Crippen molar-refractivity contribution in [1.29, 1.82) is 0 Å². The van der Waals surface area contributed by atoms with Crippen molar-refractivity contribution in [2.45, 2.75) is 39.0 Å². The van der Waals surface area contributed by atoms with Gasteiger partial charge in [0.05, 0.1) is 6.26 Å². The van der Waals surface area contributed by atoms with Crippen LogP contribution in [0, 0.1) is 11.8 Å². The molecule has 27 heavy (non-hydrogen) atoms. The molecule has 1 atom stereocenters. The maximum Gasteiger partial charge on any atom is 0.211 e. The average molecular weight is 400 g/mol. The molecule has 0 radical (unpaired) electrons. The van der Waals surface area contributed by atoms with E-state index in [-0.39, 0.29) is 0 Å². The van der Waals surface area contributed by atoms with Crippen LogP contribution in [-0.2, 0) is 10.0 Å². The summed E-state index contributed by atoms with van der Waals surface area (Å²) in [6, 6.07) is 0. The number of aliphatic imine (C=N–C) groups is 1. The van der Waals surface area contributed by atoms with Gasteiger partial charge in [0.15, 0.2) is 5.96 Å². The first-order chi connectivity index (χ1) is 13.0. The molecule has 0 bridgehead atoms. The predicted octanol–water partition coefficient (Wildman–Crippen LogP) is 1.04. The lowest BCUT2D eigenvalue weighted by Crippen LogP contribution is -2.42. The van der Waals surface area contributed by atoms with Crippen molar-refractivity contribution < 1.29 is 8.42 Å². The lowest BCUT2D eigenvalue weighted by Gasteiger charge is -2.30. The molecule has 0 amide bonds. The third-order valence-electron chi connectivity index (χ3n) is 6.18. The van der Waals surface area contributed by atoms with Gasteiger partial charge in [-0.3, -0.25) is 4.99 Å². The highest BCUT2D eigenvalue weighted by Gasteiger charge is 2.28. The molecule has 1 N–H and O–H groups in total. The molecular formula is C19H37N5O2S. The molecule has 3 aliphatic rings. The molecule has 0 aromatic heterocycles. The van der Waals surface area contributed by atoms with E-state index in [4.69, 9.17) is 4.99 Å². The third kappa shape index (κ3) is 6.06. The summed E-state index contributed by atoms with van der Waals surface area (Å²) in [6.07, 6.45) is 7.10. The number of piperidine rings is 1. The molecule has 0 spiro atoms. The molecule has 0 saturated carbocycles. The molecule has 0 aliphatic carbocycles. The van der Waals surface area contributed by atoms with Gasteiger partial charge in [-0.15, -0.1) is 0 Å². The quantitative estimate of drug-likeness (QED) is 0.534. The van der Waals surface area contributed by atoms with Crippen LogP contribution in [0.1, 0.15) is 39.0 Å². The molecule has 3 heterocycles. The highest BCUT2D eigenvalue weighted by molar-refractivity contribution is 7.88. The van der Waals surface area contributed by atoms with Crippen LogP contribution in [0.5, 0.6) is 0 Å². The highest BCUT2D eigenvalue weighted by Crippen LogP contribution is 2.22. The Balaban J connectivity index is 1.48. The van der Waals surface area contributed by atoms with Gasteiger partial charge in [0.25, 0.3) is 0 Å². The summed E-state index contributed by atoms with van der Waals surface area (Å²) in [6.45, 7) is 11.1. The fourth-order valence-electron chi connectivity index (χ4n) is 4.57. The largest absolute Gasteiger partial charge is 0.357 e. The van der Waals surface area contributed by atoms with Gasteiger partial charge in [-0.2, -0.15) is 0 Å². The van der Waals surface area contributed by atoms with Crippen molar-refractivity contribution >= 4 is 16.0 Å². The number of sulfonamides is 1. The zero-order chi connectivity index (χ0) is 19.3. The summed E-state index contributed by atoms with van der Waals surface area (Å²) in [7, 11) is -3.05. The number of nitrogens with zero attached hydrogens (tertiary/aromatic N) is 4. The van der Waals surface area contributed by atoms with Crippen LogP contribution in [0.25, 0.3) is 0 Å². The number of rotatable bonds is 6. The molecule has 3 aliphatic heterocycles. The van der Waals surface area contributed by atoms with Crippen molar-refractivity contribution in [1.82, 2.24) is 19.4 Å². The van der Waals surface area contributed by atoms with Crippen LogP contribution in [-0.4, -0.2) is 93.6 Å². The van der Waals surface area contributed by atoms with Gasteiger partial charge < -0.3 is 15.1 Å². The summed E-state index contributed by atoms with van der Waals surface area (Å²) < 4.78 is 24.9. The monoisotopic (exact) mass is 399 g/mol. The van der Waals surface area contributed by atoms with Gasteiger partial charge in [0.1, 0.15) is 0 Å². The molecule has 1 unspecified atom stereocenters. The zero-order valence-electron chi connectivity index (χ0n) is 17.1. The van der Waals surface area contributed by atoms with Crippen LogP contribution >= 0.6 is 0 Å². The minimum absolute atomic E-state index is 0.486. The number of hydrogen-bond donors (Lipinski definition) is 1. The Bertz CT molecular complexity index is 595. The maximum absolute atomic E-state index is 11.7. The SMILES string of the molecule is CCNC(=NCC1CCN(S(C)(=O)=O)CC1)N1CCC(CN2CCCC2)C1. The van der Waals surface area contributed by atoms with E-state index < -0.39 is 10.0 Å². The molecular weight excluding hydrogens is 362 g/mol. The van der Waals surface area contributed by atoms with Crippen molar-refractivity contribution in [3.05, 3.63) is 0 Å². The lowest BCUT2D eigenvalue weighted by atomic mass is 9.98. The van der Waals surface area contributed by atoms with Crippen LogP contribution < -0.4 is 5.32 Å². The Morgan fingerprint density at radius 3 is 2.33 bits per heavy atom.